The zero-order valence-electron chi connectivity index (χ0n) is 16.7. The van der Waals surface area contributed by atoms with E-state index in [-0.39, 0.29) is 24.0 Å². The van der Waals surface area contributed by atoms with Crippen LogP contribution in [0.1, 0.15) is 51.9 Å². The number of amides is 1. The van der Waals surface area contributed by atoms with Gasteiger partial charge in [-0.1, -0.05) is 0 Å². The number of alkyl halides is 3. The number of hydrogen-bond donors (Lipinski definition) is 0. The molecule has 1 spiro atoms. The van der Waals surface area contributed by atoms with Crippen molar-refractivity contribution in [1.82, 2.24) is 14.7 Å². The van der Waals surface area contributed by atoms with Crippen molar-refractivity contribution < 1.29 is 22.7 Å². The number of carbonyl (C=O) groups is 1. The largest absolute Gasteiger partial charge is 0.450 e. The summed E-state index contributed by atoms with van der Waals surface area (Å²) >= 11 is 0. The second kappa shape index (κ2) is 7.67. The highest BCUT2D eigenvalue weighted by Crippen LogP contribution is 2.50. The van der Waals surface area contributed by atoms with Crippen LogP contribution in [0.2, 0.25) is 0 Å². The topological polar surface area (TPSA) is 36.0 Å². The molecule has 0 unspecified atom stereocenters. The summed E-state index contributed by atoms with van der Waals surface area (Å²) in [5, 5.41) is 0. The third kappa shape index (κ3) is 3.86. The quantitative estimate of drug-likeness (QED) is 0.723. The first-order valence-corrected chi connectivity index (χ1v) is 10.8. The summed E-state index contributed by atoms with van der Waals surface area (Å²) in [5.74, 6) is 0. The van der Waals surface area contributed by atoms with E-state index in [2.05, 4.69) is 4.90 Å². The molecule has 1 amide bonds. The van der Waals surface area contributed by atoms with Crippen molar-refractivity contribution in [2.75, 3.05) is 39.3 Å². The van der Waals surface area contributed by atoms with Gasteiger partial charge in [0.15, 0.2) is 0 Å². The fraction of sp³-hybridized carbons (Fsp3) is 0.950. The van der Waals surface area contributed by atoms with E-state index in [4.69, 9.17) is 4.74 Å². The van der Waals surface area contributed by atoms with Gasteiger partial charge in [-0.3, -0.25) is 4.90 Å². The molecule has 0 N–H and O–H groups in total. The Balaban J connectivity index is 1.24. The lowest BCUT2D eigenvalue weighted by atomic mass is 9.64. The monoisotopic (exact) mass is 403 g/mol. The van der Waals surface area contributed by atoms with Gasteiger partial charge in [-0.2, -0.15) is 13.2 Å². The van der Waals surface area contributed by atoms with Gasteiger partial charge in [-0.05, 0) is 76.9 Å². The summed E-state index contributed by atoms with van der Waals surface area (Å²) in [7, 11) is 0. The Morgan fingerprint density at radius 2 is 1.79 bits per heavy atom. The van der Waals surface area contributed by atoms with Gasteiger partial charge in [0, 0.05) is 25.2 Å². The lowest BCUT2D eigenvalue weighted by Crippen LogP contribution is -2.57. The Morgan fingerprint density at radius 1 is 1.07 bits per heavy atom. The summed E-state index contributed by atoms with van der Waals surface area (Å²) in [5.41, 5.74) is 0.241. The van der Waals surface area contributed by atoms with Gasteiger partial charge in [-0.15, -0.1) is 0 Å². The van der Waals surface area contributed by atoms with E-state index in [0.717, 1.165) is 58.3 Å². The van der Waals surface area contributed by atoms with Gasteiger partial charge in [0.1, 0.15) is 6.04 Å². The molecular formula is C20H32F3N3O2. The summed E-state index contributed by atoms with van der Waals surface area (Å²) in [6.45, 7) is 6.19. The second-order valence-corrected chi connectivity index (χ2v) is 9.14. The highest BCUT2D eigenvalue weighted by Gasteiger charge is 2.52. The number of piperidine rings is 1. The van der Waals surface area contributed by atoms with E-state index in [1.54, 1.807) is 4.90 Å². The van der Waals surface area contributed by atoms with Crippen LogP contribution in [0, 0.1) is 5.41 Å². The zero-order chi connectivity index (χ0) is 19.9. The Kier molecular flexibility index (Phi) is 5.55. The molecule has 5 nitrogen and oxygen atoms in total. The lowest BCUT2D eigenvalue weighted by Gasteiger charge is -2.52. The molecule has 8 heteroatoms. The standard InChI is InChI=1S/C20H32F3N3O2/c1-2-28-18(27)25-11-7-19(14-25)12-16(13-19)24-9-5-15(6-10-24)26-8-3-4-17(26)20(21,22)23/h15-17H,2-14H2,1H3/t16?,17-,19?/m1/s1. The zero-order valence-corrected chi connectivity index (χ0v) is 16.7. The Bertz CT molecular complexity index is 572. The molecule has 1 saturated carbocycles. The highest BCUT2D eigenvalue weighted by atomic mass is 19.4. The minimum absolute atomic E-state index is 0.0743. The van der Waals surface area contributed by atoms with E-state index in [1.807, 2.05) is 11.8 Å². The minimum atomic E-state index is -4.10. The highest BCUT2D eigenvalue weighted by molar-refractivity contribution is 5.68. The number of nitrogens with zero attached hydrogens (tertiary/aromatic N) is 3. The number of likely N-dealkylation sites (tertiary alicyclic amines) is 3. The van der Waals surface area contributed by atoms with E-state index < -0.39 is 12.2 Å². The van der Waals surface area contributed by atoms with Crippen LogP contribution in [0.4, 0.5) is 18.0 Å². The number of rotatable bonds is 3. The smallest absolute Gasteiger partial charge is 0.409 e. The molecule has 28 heavy (non-hydrogen) atoms. The molecule has 3 saturated heterocycles. The maximum atomic E-state index is 13.3. The van der Waals surface area contributed by atoms with Crippen LogP contribution in [-0.4, -0.2) is 84.4 Å². The van der Waals surface area contributed by atoms with Crippen LogP contribution in [0.3, 0.4) is 0 Å². The van der Waals surface area contributed by atoms with Crippen LogP contribution in [0.15, 0.2) is 0 Å². The summed E-state index contributed by atoms with van der Waals surface area (Å²) in [4.78, 5) is 18.0. The predicted octanol–water partition coefficient (Wildman–Crippen LogP) is 3.49. The molecule has 0 aromatic rings. The average Bonchev–Trinajstić information content (AvgIpc) is 3.28. The van der Waals surface area contributed by atoms with Gasteiger partial charge in [0.25, 0.3) is 0 Å². The first-order chi connectivity index (χ1) is 13.3. The van der Waals surface area contributed by atoms with E-state index in [1.165, 1.54) is 0 Å². The molecule has 160 valence electrons. The van der Waals surface area contributed by atoms with E-state index in [9.17, 15) is 18.0 Å². The molecule has 4 aliphatic rings. The first kappa shape index (κ1) is 20.3. The molecule has 0 radical (unpaired) electrons. The Morgan fingerprint density at radius 3 is 2.43 bits per heavy atom. The fourth-order valence-corrected chi connectivity index (χ4v) is 6.00. The van der Waals surface area contributed by atoms with Crippen LogP contribution in [0.25, 0.3) is 0 Å². The van der Waals surface area contributed by atoms with Gasteiger partial charge in [0.05, 0.1) is 6.61 Å². The van der Waals surface area contributed by atoms with Gasteiger partial charge in [0.2, 0.25) is 0 Å². The molecule has 0 bridgehead atoms. The number of hydrogen-bond acceptors (Lipinski definition) is 4. The van der Waals surface area contributed by atoms with Crippen LogP contribution < -0.4 is 0 Å². The number of halogens is 3. The Labute approximate surface area is 165 Å². The van der Waals surface area contributed by atoms with Crippen molar-refractivity contribution >= 4 is 6.09 Å². The van der Waals surface area contributed by atoms with Crippen LogP contribution in [-0.2, 0) is 4.74 Å². The maximum Gasteiger partial charge on any atom is 0.409 e. The van der Waals surface area contributed by atoms with E-state index >= 15 is 0 Å². The van der Waals surface area contributed by atoms with Crippen LogP contribution in [0.5, 0.6) is 0 Å². The van der Waals surface area contributed by atoms with E-state index in [0.29, 0.717) is 25.6 Å². The van der Waals surface area contributed by atoms with Crippen molar-refractivity contribution in [2.24, 2.45) is 5.41 Å². The predicted molar refractivity (Wildman–Crippen MR) is 99.0 cm³/mol. The summed E-state index contributed by atoms with van der Waals surface area (Å²) in [6, 6.07) is -0.631. The van der Waals surface area contributed by atoms with Gasteiger partial charge in [-0.25, -0.2) is 4.79 Å². The minimum Gasteiger partial charge on any atom is -0.450 e. The molecule has 4 rings (SSSR count). The van der Waals surface area contributed by atoms with Crippen molar-refractivity contribution in [3.05, 3.63) is 0 Å². The number of carbonyl (C=O) groups excluding carboxylic acids is 1. The lowest BCUT2D eigenvalue weighted by molar-refractivity contribution is -0.183. The fourth-order valence-electron chi connectivity index (χ4n) is 6.00. The molecular weight excluding hydrogens is 371 g/mol. The van der Waals surface area contributed by atoms with Crippen molar-refractivity contribution in [3.8, 4) is 0 Å². The third-order valence-electron chi connectivity index (χ3n) is 7.46. The molecule has 3 aliphatic heterocycles. The maximum absolute atomic E-state index is 13.3. The average molecular weight is 403 g/mol. The van der Waals surface area contributed by atoms with Gasteiger partial charge < -0.3 is 14.5 Å². The first-order valence-electron chi connectivity index (χ1n) is 10.8. The molecule has 0 aromatic heterocycles. The van der Waals surface area contributed by atoms with Crippen molar-refractivity contribution in [3.63, 3.8) is 0 Å². The third-order valence-corrected chi connectivity index (χ3v) is 7.46. The molecule has 4 fully saturated rings. The molecule has 1 aliphatic carbocycles. The Hall–Kier alpha value is -1.02. The molecule has 3 heterocycles. The van der Waals surface area contributed by atoms with Crippen LogP contribution >= 0.6 is 0 Å². The second-order valence-electron chi connectivity index (χ2n) is 9.14. The summed E-state index contributed by atoms with van der Waals surface area (Å²) in [6.07, 6.45) is 1.54. The molecule has 1 atom stereocenters. The molecule has 0 aromatic carbocycles. The van der Waals surface area contributed by atoms with Gasteiger partial charge >= 0.3 is 12.3 Å². The number of ether oxygens (including phenoxy) is 1. The normalized spacial score (nSPS) is 35.5. The summed E-state index contributed by atoms with van der Waals surface area (Å²) < 4.78 is 44.9. The SMILES string of the molecule is CCOC(=O)N1CCC2(CC(N3CCC(N4CCC[C@@H]4C(F)(F)F)CC3)C2)C1. The van der Waals surface area contributed by atoms with Crippen molar-refractivity contribution in [1.29, 1.82) is 0 Å². The van der Waals surface area contributed by atoms with Crippen molar-refractivity contribution in [2.45, 2.75) is 76.2 Å².